The number of rotatable bonds is 7. The van der Waals surface area contributed by atoms with Gasteiger partial charge in [0.25, 0.3) is 6.01 Å². The minimum Gasteiger partial charge on any atom is -0.486 e. The summed E-state index contributed by atoms with van der Waals surface area (Å²) in [5.74, 6) is 0.800. The van der Waals surface area contributed by atoms with Gasteiger partial charge in [0.1, 0.15) is 17.9 Å². The Morgan fingerprint density at radius 2 is 2.00 bits per heavy atom. The summed E-state index contributed by atoms with van der Waals surface area (Å²) in [5, 5.41) is 4.75. The van der Waals surface area contributed by atoms with Crippen molar-refractivity contribution in [1.29, 1.82) is 0 Å². The average molecular weight is 431 g/mol. The van der Waals surface area contributed by atoms with Crippen molar-refractivity contribution in [3.8, 4) is 5.75 Å². The quantitative estimate of drug-likeness (QED) is 0.511. The molecule has 0 saturated heterocycles. The SMILES string of the molecule is Cc1cc(OCC(=O)CC23CC(Nc4nc5cc(Cl)ccc5o4)(C2)C3)ccc1Cl. The Bertz CT molecular complexity index is 1100. The zero-order valence-electron chi connectivity index (χ0n) is 15.9. The van der Waals surface area contributed by atoms with E-state index in [2.05, 4.69) is 10.3 Å². The van der Waals surface area contributed by atoms with Gasteiger partial charge in [0, 0.05) is 22.0 Å². The van der Waals surface area contributed by atoms with Gasteiger partial charge in [0.15, 0.2) is 11.4 Å². The number of benzene rings is 2. The summed E-state index contributed by atoms with van der Waals surface area (Å²) in [4.78, 5) is 16.9. The molecule has 3 fully saturated rings. The summed E-state index contributed by atoms with van der Waals surface area (Å²) < 4.78 is 11.4. The molecule has 3 aliphatic carbocycles. The maximum atomic E-state index is 12.4. The third kappa shape index (κ3) is 3.47. The van der Waals surface area contributed by atoms with Crippen molar-refractivity contribution in [2.75, 3.05) is 11.9 Å². The van der Waals surface area contributed by atoms with E-state index in [1.54, 1.807) is 24.3 Å². The van der Waals surface area contributed by atoms with Gasteiger partial charge in [-0.25, -0.2) is 0 Å². The van der Waals surface area contributed by atoms with Gasteiger partial charge in [-0.05, 0) is 73.6 Å². The smallest absolute Gasteiger partial charge is 0.296 e. The third-order valence-corrected chi connectivity index (χ3v) is 6.62. The van der Waals surface area contributed by atoms with Crippen molar-refractivity contribution in [1.82, 2.24) is 4.98 Å². The van der Waals surface area contributed by atoms with E-state index < -0.39 is 0 Å². The van der Waals surface area contributed by atoms with E-state index >= 15 is 0 Å². The summed E-state index contributed by atoms with van der Waals surface area (Å²) in [6.45, 7) is 2.01. The molecule has 0 unspecified atom stereocenters. The van der Waals surface area contributed by atoms with Crippen molar-refractivity contribution in [2.45, 2.75) is 38.1 Å². The normalized spacial score (nSPS) is 24.7. The Labute approximate surface area is 178 Å². The highest BCUT2D eigenvalue weighted by Crippen LogP contribution is 2.70. The topological polar surface area (TPSA) is 64.4 Å². The van der Waals surface area contributed by atoms with Gasteiger partial charge < -0.3 is 14.5 Å². The molecule has 5 nitrogen and oxygen atoms in total. The van der Waals surface area contributed by atoms with Crippen LogP contribution in [0.15, 0.2) is 40.8 Å². The zero-order valence-corrected chi connectivity index (χ0v) is 17.4. The number of aryl methyl sites for hydroxylation is 1. The number of fused-ring (bicyclic) bond motifs is 1. The van der Waals surface area contributed by atoms with Gasteiger partial charge in [-0.15, -0.1) is 0 Å². The molecule has 2 aromatic carbocycles. The summed E-state index contributed by atoms with van der Waals surface area (Å²) in [6, 6.07) is 11.3. The molecule has 0 aliphatic heterocycles. The number of hydrogen-bond donors (Lipinski definition) is 1. The van der Waals surface area contributed by atoms with Crippen molar-refractivity contribution in [2.24, 2.45) is 5.41 Å². The van der Waals surface area contributed by atoms with Crippen LogP contribution in [0.2, 0.25) is 10.0 Å². The molecule has 2 bridgehead atoms. The number of carbonyl (C=O) groups is 1. The predicted octanol–water partition coefficient (Wildman–Crippen LogP) is 5.82. The highest BCUT2D eigenvalue weighted by molar-refractivity contribution is 6.31. The van der Waals surface area contributed by atoms with Gasteiger partial charge in [-0.1, -0.05) is 23.2 Å². The Morgan fingerprint density at radius 1 is 1.21 bits per heavy atom. The fraction of sp³-hybridized carbons (Fsp3) is 0.364. The van der Waals surface area contributed by atoms with Crippen LogP contribution >= 0.6 is 23.2 Å². The summed E-state index contributed by atoms with van der Waals surface area (Å²) in [6.07, 6.45) is 3.40. The van der Waals surface area contributed by atoms with Crippen LogP contribution in [0.25, 0.3) is 11.1 Å². The van der Waals surface area contributed by atoms with Gasteiger partial charge in [-0.3, -0.25) is 4.79 Å². The van der Waals surface area contributed by atoms with E-state index in [-0.39, 0.29) is 23.3 Å². The molecular formula is C22H20Cl2N2O3. The first-order valence-electron chi connectivity index (χ1n) is 9.59. The molecule has 150 valence electrons. The number of carbonyl (C=O) groups excluding carboxylic acids is 1. The molecule has 1 heterocycles. The van der Waals surface area contributed by atoms with E-state index in [0.717, 1.165) is 30.3 Å². The Morgan fingerprint density at radius 3 is 2.76 bits per heavy atom. The van der Waals surface area contributed by atoms with Gasteiger partial charge in [0.2, 0.25) is 0 Å². The largest absolute Gasteiger partial charge is 0.486 e. The Kier molecular flexibility index (Phi) is 4.30. The van der Waals surface area contributed by atoms with Crippen LogP contribution in [0.1, 0.15) is 31.2 Å². The molecule has 1 aromatic heterocycles. The number of Topliss-reactive ketones (excluding diaryl/α,β-unsaturated/α-hetero) is 1. The van der Waals surface area contributed by atoms with E-state index in [9.17, 15) is 4.79 Å². The number of nitrogens with one attached hydrogen (secondary N) is 1. The number of oxazole rings is 1. The number of halogens is 2. The minimum absolute atomic E-state index is 0.000894. The molecule has 6 rings (SSSR count). The maximum absolute atomic E-state index is 12.4. The molecule has 0 amide bonds. The van der Waals surface area contributed by atoms with Crippen LogP contribution < -0.4 is 10.1 Å². The van der Waals surface area contributed by atoms with Crippen molar-refractivity contribution in [3.05, 3.63) is 52.0 Å². The lowest BCUT2D eigenvalue weighted by atomic mass is 9.38. The molecule has 0 atom stereocenters. The lowest BCUT2D eigenvalue weighted by Gasteiger charge is -2.70. The van der Waals surface area contributed by atoms with Crippen LogP contribution in [0, 0.1) is 12.3 Å². The second-order valence-corrected chi connectivity index (χ2v) is 9.33. The number of ether oxygens (including phenoxy) is 1. The first kappa shape index (κ1) is 18.8. The molecule has 3 saturated carbocycles. The maximum Gasteiger partial charge on any atom is 0.296 e. The lowest BCUT2D eigenvalue weighted by Crippen LogP contribution is -2.71. The molecule has 3 aromatic rings. The van der Waals surface area contributed by atoms with E-state index in [4.69, 9.17) is 32.4 Å². The zero-order chi connectivity index (χ0) is 20.2. The van der Waals surface area contributed by atoms with Crippen LogP contribution in [0.4, 0.5) is 6.01 Å². The van der Waals surface area contributed by atoms with Crippen molar-refractivity contribution < 1.29 is 13.9 Å². The first-order chi connectivity index (χ1) is 13.8. The second-order valence-electron chi connectivity index (χ2n) is 8.48. The lowest BCUT2D eigenvalue weighted by molar-refractivity contribution is -0.147. The van der Waals surface area contributed by atoms with Crippen LogP contribution in [-0.2, 0) is 4.79 Å². The summed E-state index contributed by atoms with van der Waals surface area (Å²) in [7, 11) is 0. The Hall–Kier alpha value is -2.24. The minimum atomic E-state index is -0.000894. The highest BCUT2D eigenvalue weighted by atomic mass is 35.5. The van der Waals surface area contributed by atoms with Gasteiger partial charge in [-0.2, -0.15) is 4.98 Å². The van der Waals surface area contributed by atoms with Crippen molar-refractivity contribution in [3.63, 3.8) is 0 Å². The molecule has 0 radical (unpaired) electrons. The predicted molar refractivity (Wildman–Crippen MR) is 113 cm³/mol. The van der Waals surface area contributed by atoms with Gasteiger partial charge in [0.05, 0.1) is 0 Å². The monoisotopic (exact) mass is 430 g/mol. The molecular weight excluding hydrogens is 411 g/mol. The van der Waals surface area contributed by atoms with E-state index in [1.165, 1.54) is 0 Å². The van der Waals surface area contributed by atoms with Crippen LogP contribution in [-0.4, -0.2) is 22.9 Å². The fourth-order valence-corrected chi connectivity index (χ4v) is 5.12. The van der Waals surface area contributed by atoms with Gasteiger partial charge >= 0.3 is 0 Å². The third-order valence-electron chi connectivity index (χ3n) is 5.96. The second kappa shape index (κ2) is 6.64. The number of anilines is 1. The standard InChI is InChI=1S/C22H20Cl2N2O3/c1-13-6-16(3-4-17(13)24)28-9-15(27)8-21-10-22(11-21,12-21)26-20-25-18-7-14(23)2-5-19(18)29-20/h2-7H,8-12H2,1H3,(H,25,26). The number of aromatic nitrogens is 1. The number of ketones is 1. The van der Waals surface area contributed by atoms with E-state index in [0.29, 0.717) is 33.8 Å². The Balaban J connectivity index is 1.13. The van der Waals surface area contributed by atoms with Crippen molar-refractivity contribution >= 4 is 46.1 Å². The molecule has 29 heavy (non-hydrogen) atoms. The molecule has 1 N–H and O–H groups in total. The summed E-state index contributed by atoms with van der Waals surface area (Å²) >= 11 is 12.0. The number of hydrogen-bond acceptors (Lipinski definition) is 5. The molecule has 7 heteroatoms. The molecule has 0 spiro atoms. The fourth-order valence-electron chi connectivity index (χ4n) is 4.84. The van der Waals surface area contributed by atoms with Crippen LogP contribution in [0.3, 0.4) is 0 Å². The van der Waals surface area contributed by atoms with E-state index in [1.807, 2.05) is 19.1 Å². The first-order valence-corrected chi connectivity index (χ1v) is 10.3. The summed E-state index contributed by atoms with van der Waals surface area (Å²) in [5.41, 5.74) is 2.48. The van der Waals surface area contributed by atoms with Crippen LogP contribution in [0.5, 0.6) is 5.75 Å². The number of nitrogens with zero attached hydrogens (tertiary/aromatic N) is 1. The molecule has 3 aliphatic rings. The average Bonchev–Trinajstić information content (AvgIpc) is 3.01. The highest BCUT2D eigenvalue weighted by Gasteiger charge is 2.68.